The lowest BCUT2D eigenvalue weighted by molar-refractivity contribution is -0.125. The summed E-state index contributed by atoms with van der Waals surface area (Å²) in [5.41, 5.74) is 2.39. The molecular weight excluding hydrogens is 296 g/mol. The van der Waals surface area contributed by atoms with E-state index in [9.17, 15) is 4.79 Å². The van der Waals surface area contributed by atoms with E-state index in [4.69, 9.17) is 11.6 Å². The van der Waals surface area contributed by atoms with Gasteiger partial charge < -0.3 is 4.90 Å². The molecule has 1 aromatic carbocycles. The van der Waals surface area contributed by atoms with Crippen LogP contribution >= 0.6 is 11.6 Å². The molecule has 0 aliphatic carbocycles. The molecule has 4 heteroatoms. The molecule has 1 amide bonds. The summed E-state index contributed by atoms with van der Waals surface area (Å²) in [4.78, 5) is 18.8. The lowest BCUT2D eigenvalue weighted by Gasteiger charge is -2.31. The van der Waals surface area contributed by atoms with Gasteiger partial charge in [0.1, 0.15) is 0 Å². The van der Waals surface area contributed by atoms with Crippen LogP contribution in [0.1, 0.15) is 31.9 Å². The predicted molar refractivity (Wildman–Crippen MR) is 91.1 cm³/mol. The number of halogens is 1. The molecule has 0 spiro atoms. The first-order valence-electron chi connectivity index (χ1n) is 7.26. The van der Waals surface area contributed by atoms with Crippen LogP contribution in [0.5, 0.6) is 0 Å². The fourth-order valence-electron chi connectivity index (χ4n) is 2.27. The molecule has 2 aromatic rings. The number of pyridine rings is 1. The van der Waals surface area contributed by atoms with Gasteiger partial charge in [0.25, 0.3) is 0 Å². The molecule has 0 radical (unpaired) electrons. The van der Waals surface area contributed by atoms with E-state index in [0.717, 1.165) is 16.8 Å². The van der Waals surface area contributed by atoms with Crippen molar-refractivity contribution in [3.63, 3.8) is 0 Å². The maximum atomic E-state index is 12.9. The summed E-state index contributed by atoms with van der Waals surface area (Å²) in [6.45, 7) is 8.24. The second-order valence-electron chi connectivity index (χ2n) is 6.43. The summed E-state index contributed by atoms with van der Waals surface area (Å²) < 4.78 is 0. The van der Waals surface area contributed by atoms with Gasteiger partial charge in [-0.3, -0.25) is 9.78 Å². The van der Waals surface area contributed by atoms with E-state index in [1.807, 2.05) is 62.9 Å². The first-order valence-corrected chi connectivity index (χ1v) is 7.64. The van der Waals surface area contributed by atoms with Crippen molar-refractivity contribution in [2.75, 3.05) is 4.90 Å². The Morgan fingerprint density at radius 3 is 2.55 bits per heavy atom. The van der Waals surface area contributed by atoms with E-state index in [2.05, 4.69) is 4.98 Å². The monoisotopic (exact) mass is 316 g/mol. The summed E-state index contributed by atoms with van der Waals surface area (Å²) in [5.74, 6) is 0.0711. The number of aromatic nitrogens is 1. The van der Waals surface area contributed by atoms with Crippen molar-refractivity contribution in [1.29, 1.82) is 0 Å². The summed E-state index contributed by atoms with van der Waals surface area (Å²) in [7, 11) is 0. The highest BCUT2D eigenvalue weighted by Gasteiger charge is 2.29. The molecule has 0 atom stereocenters. The number of rotatable bonds is 3. The first-order chi connectivity index (χ1) is 10.3. The van der Waals surface area contributed by atoms with Gasteiger partial charge in [0.05, 0.1) is 6.54 Å². The van der Waals surface area contributed by atoms with Crippen molar-refractivity contribution in [1.82, 2.24) is 4.98 Å². The Labute approximate surface area is 136 Å². The first kappa shape index (κ1) is 16.5. The van der Waals surface area contributed by atoms with Crippen LogP contribution in [0.2, 0.25) is 5.02 Å². The number of aryl methyl sites for hydroxylation is 1. The minimum Gasteiger partial charge on any atom is -0.307 e. The van der Waals surface area contributed by atoms with Gasteiger partial charge in [-0.2, -0.15) is 0 Å². The third-order valence-corrected chi connectivity index (χ3v) is 3.63. The zero-order valence-corrected chi connectivity index (χ0v) is 14.2. The SMILES string of the molecule is Cc1cc(Cl)ccc1N(Cc1cccnc1)C(=O)C(C)(C)C. The van der Waals surface area contributed by atoms with Crippen LogP contribution in [-0.2, 0) is 11.3 Å². The van der Waals surface area contributed by atoms with Crippen molar-refractivity contribution in [2.24, 2.45) is 5.41 Å². The Kier molecular flexibility index (Phi) is 4.87. The normalized spacial score (nSPS) is 11.3. The van der Waals surface area contributed by atoms with Crippen LogP contribution < -0.4 is 4.90 Å². The average molecular weight is 317 g/mol. The number of nitrogens with zero attached hydrogens (tertiary/aromatic N) is 2. The Balaban J connectivity index is 2.43. The van der Waals surface area contributed by atoms with Crippen LogP contribution in [0, 0.1) is 12.3 Å². The molecule has 0 N–H and O–H groups in total. The van der Waals surface area contributed by atoms with Crippen molar-refractivity contribution in [3.05, 3.63) is 58.9 Å². The van der Waals surface area contributed by atoms with Gasteiger partial charge in [-0.15, -0.1) is 0 Å². The van der Waals surface area contributed by atoms with Gasteiger partial charge in [-0.05, 0) is 42.3 Å². The van der Waals surface area contributed by atoms with Crippen LogP contribution in [-0.4, -0.2) is 10.9 Å². The topological polar surface area (TPSA) is 33.2 Å². The summed E-state index contributed by atoms with van der Waals surface area (Å²) in [6, 6.07) is 9.45. The van der Waals surface area contributed by atoms with E-state index in [1.165, 1.54) is 0 Å². The summed E-state index contributed by atoms with van der Waals surface area (Å²) in [5, 5.41) is 0.672. The molecule has 0 unspecified atom stereocenters. The Bertz CT molecular complexity index is 663. The molecule has 1 heterocycles. The molecule has 1 aromatic heterocycles. The second kappa shape index (κ2) is 6.49. The standard InChI is InChI=1S/C18H21ClN2O/c1-13-10-15(19)7-8-16(13)21(17(22)18(2,3)4)12-14-6-5-9-20-11-14/h5-11H,12H2,1-4H3. The number of amides is 1. The van der Waals surface area contributed by atoms with Crippen LogP contribution in [0.25, 0.3) is 0 Å². The van der Waals surface area contributed by atoms with Gasteiger partial charge in [-0.25, -0.2) is 0 Å². The lowest BCUT2D eigenvalue weighted by atomic mass is 9.93. The largest absolute Gasteiger partial charge is 0.307 e. The molecule has 0 aliphatic heterocycles. The van der Waals surface area contributed by atoms with Crippen molar-refractivity contribution >= 4 is 23.2 Å². The molecule has 0 saturated carbocycles. The van der Waals surface area contributed by atoms with Gasteiger partial charge in [0.2, 0.25) is 5.91 Å². The number of hydrogen-bond acceptors (Lipinski definition) is 2. The summed E-state index contributed by atoms with van der Waals surface area (Å²) in [6.07, 6.45) is 3.52. The minimum absolute atomic E-state index is 0.0711. The number of carbonyl (C=O) groups is 1. The van der Waals surface area contributed by atoms with Crippen LogP contribution in [0.4, 0.5) is 5.69 Å². The van der Waals surface area contributed by atoms with Crippen molar-refractivity contribution in [3.8, 4) is 0 Å². The number of hydrogen-bond donors (Lipinski definition) is 0. The molecule has 22 heavy (non-hydrogen) atoms. The molecular formula is C18H21ClN2O. The Morgan fingerprint density at radius 1 is 1.27 bits per heavy atom. The molecule has 0 aliphatic rings. The van der Waals surface area contributed by atoms with Gasteiger partial charge >= 0.3 is 0 Å². The Hall–Kier alpha value is -1.87. The van der Waals surface area contributed by atoms with E-state index in [0.29, 0.717) is 11.6 Å². The third kappa shape index (κ3) is 3.86. The van der Waals surface area contributed by atoms with Crippen molar-refractivity contribution in [2.45, 2.75) is 34.2 Å². The molecule has 0 bridgehead atoms. The highest BCUT2D eigenvalue weighted by molar-refractivity contribution is 6.30. The van der Waals surface area contributed by atoms with Crippen molar-refractivity contribution < 1.29 is 4.79 Å². The van der Waals surface area contributed by atoms with Gasteiger partial charge in [0, 0.05) is 28.5 Å². The molecule has 116 valence electrons. The molecule has 0 fully saturated rings. The smallest absolute Gasteiger partial charge is 0.232 e. The minimum atomic E-state index is -0.464. The Morgan fingerprint density at radius 2 is 2.00 bits per heavy atom. The molecule has 0 saturated heterocycles. The fraction of sp³-hybridized carbons (Fsp3) is 0.333. The number of anilines is 1. The van der Waals surface area contributed by atoms with Gasteiger partial charge in [-0.1, -0.05) is 38.4 Å². The van der Waals surface area contributed by atoms with Crippen LogP contribution in [0.3, 0.4) is 0 Å². The maximum absolute atomic E-state index is 12.9. The van der Waals surface area contributed by atoms with E-state index in [1.54, 1.807) is 12.4 Å². The highest BCUT2D eigenvalue weighted by atomic mass is 35.5. The lowest BCUT2D eigenvalue weighted by Crippen LogP contribution is -2.39. The average Bonchev–Trinajstić information content (AvgIpc) is 2.45. The van der Waals surface area contributed by atoms with E-state index in [-0.39, 0.29) is 5.91 Å². The van der Waals surface area contributed by atoms with E-state index >= 15 is 0 Å². The third-order valence-electron chi connectivity index (χ3n) is 3.40. The predicted octanol–water partition coefficient (Wildman–Crippen LogP) is 4.62. The number of carbonyl (C=O) groups excluding carboxylic acids is 1. The zero-order valence-electron chi connectivity index (χ0n) is 13.4. The van der Waals surface area contributed by atoms with Gasteiger partial charge in [0.15, 0.2) is 0 Å². The molecule has 3 nitrogen and oxygen atoms in total. The highest BCUT2D eigenvalue weighted by Crippen LogP contribution is 2.29. The fourth-order valence-corrected chi connectivity index (χ4v) is 2.49. The quantitative estimate of drug-likeness (QED) is 0.827. The van der Waals surface area contributed by atoms with E-state index < -0.39 is 5.41 Å². The maximum Gasteiger partial charge on any atom is 0.232 e. The molecule has 2 rings (SSSR count). The number of benzene rings is 1. The second-order valence-corrected chi connectivity index (χ2v) is 6.87. The summed E-state index contributed by atoms with van der Waals surface area (Å²) >= 11 is 6.04. The van der Waals surface area contributed by atoms with Crippen LogP contribution in [0.15, 0.2) is 42.7 Å². The zero-order chi connectivity index (χ0) is 16.3.